The molecule has 0 spiro atoms. The van der Waals surface area contributed by atoms with Crippen molar-refractivity contribution in [3.63, 3.8) is 0 Å². The van der Waals surface area contributed by atoms with E-state index in [1.54, 1.807) is 18.5 Å². The summed E-state index contributed by atoms with van der Waals surface area (Å²) in [5.41, 5.74) is 6.13. The highest BCUT2D eigenvalue weighted by molar-refractivity contribution is 6.45. The van der Waals surface area contributed by atoms with Crippen LogP contribution in [0.1, 0.15) is 26.4 Å². The molecule has 1 aliphatic rings. The van der Waals surface area contributed by atoms with Crippen LogP contribution in [-0.4, -0.2) is 98.7 Å². The van der Waals surface area contributed by atoms with Crippen molar-refractivity contribution in [3.05, 3.63) is 90.1 Å². The van der Waals surface area contributed by atoms with Gasteiger partial charge >= 0.3 is 0 Å². The van der Waals surface area contributed by atoms with Crippen molar-refractivity contribution in [1.29, 1.82) is 0 Å². The number of nitrogens with zero attached hydrogens (tertiary/aromatic N) is 6. The number of benzene rings is 1. The Hall–Kier alpha value is -5.68. The van der Waals surface area contributed by atoms with Gasteiger partial charge in [0.25, 0.3) is 17.6 Å². The largest absolute Gasteiger partial charge is 0.494 e. The third kappa shape index (κ3) is 6.58. The van der Waals surface area contributed by atoms with Crippen LogP contribution >= 0.6 is 0 Å². The first kappa shape index (κ1) is 32.3. The Labute approximate surface area is 275 Å². The number of hydrogen-bond donors (Lipinski definition) is 6. The number of aromatic nitrogens is 5. The number of ketones is 1. The molecule has 1 saturated heterocycles. The molecule has 4 aromatic heterocycles. The Morgan fingerprint density at radius 3 is 2.54 bits per heavy atom. The predicted molar refractivity (Wildman–Crippen MR) is 177 cm³/mol. The molecule has 1 aromatic carbocycles. The summed E-state index contributed by atoms with van der Waals surface area (Å²) in [5.74, 6) is 10.8. The average molecular weight is 653 g/mol. The first-order valence-electron chi connectivity index (χ1n) is 15.3. The van der Waals surface area contributed by atoms with Crippen LogP contribution in [0.2, 0.25) is 0 Å². The summed E-state index contributed by atoms with van der Waals surface area (Å²) >= 11 is 0. The minimum Gasteiger partial charge on any atom is -0.494 e. The molecule has 6 rings (SSSR count). The monoisotopic (exact) mass is 652 g/mol. The number of piperazine rings is 1. The van der Waals surface area contributed by atoms with Gasteiger partial charge in [-0.1, -0.05) is 18.2 Å². The molecule has 16 heteroatoms. The molecule has 248 valence electrons. The lowest BCUT2D eigenvalue weighted by molar-refractivity contribution is -0.128. The van der Waals surface area contributed by atoms with E-state index in [0.717, 1.165) is 11.3 Å². The number of nitrogens with one attached hydrogen (secondary N) is 4. The summed E-state index contributed by atoms with van der Waals surface area (Å²) in [6, 6.07) is 14.7. The topological polar surface area (TPSA) is 217 Å². The fourth-order valence-electron chi connectivity index (χ4n) is 5.70. The Bertz CT molecular complexity index is 1890. The lowest BCUT2D eigenvalue weighted by atomic mass is 10.1. The quantitative estimate of drug-likeness (QED) is 0.0363. The Kier molecular flexibility index (Phi) is 9.67. The Morgan fingerprint density at radius 1 is 1.08 bits per heavy atom. The van der Waals surface area contributed by atoms with Gasteiger partial charge in [-0.3, -0.25) is 40.2 Å². The van der Waals surface area contributed by atoms with Crippen molar-refractivity contribution >= 4 is 34.2 Å². The number of nitrogens with two attached hydrogens (primary N) is 2. The summed E-state index contributed by atoms with van der Waals surface area (Å²) in [6.45, 7) is 1.87. The number of Topliss-reactive ketones (excluding diaryl/α,β-unsaturated/α-hetero) is 1. The van der Waals surface area contributed by atoms with Gasteiger partial charge in [0.05, 0.1) is 35.5 Å². The molecule has 48 heavy (non-hydrogen) atoms. The maximum Gasteiger partial charge on any atom is 0.295 e. The molecular weight excluding hydrogens is 616 g/mol. The molecule has 1 atom stereocenters. The van der Waals surface area contributed by atoms with Gasteiger partial charge in [0.15, 0.2) is 6.29 Å². The van der Waals surface area contributed by atoms with Crippen molar-refractivity contribution in [2.45, 2.75) is 12.7 Å². The Morgan fingerprint density at radius 2 is 1.83 bits per heavy atom. The number of anilines is 1. The van der Waals surface area contributed by atoms with E-state index in [1.807, 2.05) is 47.4 Å². The molecule has 0 radical (unpaired) electrons. The number of methoxy groups -OCH3 is 1. The highest BCUT2D eigenvalue weighted by Crippen LogP contribution is 2.34. The van der Waals surface area contributed by atoms with Crippen LogP contribution in [0.15, 0.2) is 73.3 Å². The van der Waals surface area contributed by atoms with E-state index in [0.29, 0.717) is 67.2 Å². The maximum atomic E-state index is 13.7. The summed E-state index contributed by atoms with van der Waals surface area (Å²) in [6.07, 6.45) is 6.46. The van der Waals surface area contributed by atoms with Gasteiger partial charge in [0, 0.05) is 51.3 Å². The third-order valence-corrected chi connectivity index (χ3v) is 8.26. The molecule has 0 aliphatic carbocycles. The minimum atomic E-state index is -0.695. The van der Waals surface area contributed by atoms with Crippen LogP contribution in [0.5, 0.6) is 5.75 Å². The zero-order chi connectivity index (χ0) is 33.6. The van der Waals surface area contributed by atoms with E-state index in [4.69, 9.17) is 16.4 Å². The van der Waals surface area contributed by atoms with E-state index in [1.165, 1.54) is 29.4 Å². The van der Waals surface area contributed by atoms with Crippen LogP contribution in [0.3, 0.4) is 0 Å². The zero-order valence-electron chi connectivity index (χ0n) is 26.2. The van der Waals surface area contributed by atoms with Crippen molar-refractivity contribution in [3.8, 4) is 17.1 Å². The number of carbonyl (C=O) groups is 3. The minimum absolute atomic E-state index is 0.140. The summed E-state index contributed by atoms with van der Waals surface area (Å²) in [7, 11) is 1.46. The molecule has 5 heterocycles. The predicted octanol–water partition coefficient (Wildman–Crippen LogP) is 0.783. The molecule has 1 aliphatic heterocycles. The van der Waals surface area contributed by atoms with Gasteiger partial charge in [-0.25, -0.2) is 16.3 Å². The number of aromatic amines is 2. The van der Waals surface area contributed by atoms with Crippen molar-refractivity contribution in [2.24, 2.45) is 11.7 Å². The van der Waals surface area contributed by atoms with E-state index in [9.17, 15) is 14.4 Å². The van der Waals surface area contributed by atoms with Gasteiger partial charge in [0.1, 0.15) is 22.8 Å². The van der Waals surface area contributed by atoms with Gasteiger partial charge in [-0.05, 0) is 42.3 Å². The smallest absolute Gasteiger partial charge is 0.295 e. The van der Waals surface area contributed by atoms with Crippen LogP contribution in [-0.2, 0) is 11.2 Å². The normalized spacial score (nSPS) is 14.1. The molecular formula is C32H36N12O4. The standard InChI is InChI=1S/C32H36N12O4/c1-48-25-19-38-27(23-17-24(41-40-23)30(46)36-12-9-20-7-10-35-11-8-20)28-26(25)22(18-37-28)29(45)31(47)42-13-15-43(16-14-42)32(39-33)44(34)21-5-3-2-4-6-21/h2-8,10-11,17-19,32,37,39H,9,12-16,33-34H2,1H3,(H,36,46)(H,40,41). The third-order valence-electron chi connectivity index (χ3n) is 8.26. The van der Waals surface area contributed by atoms with Crippen molar-refractivity contribution in [1.82, 2.24) is 45.7 Å². The van der Waals surface area contributed by atoms with Crippen molar-refractivity contribution in [2.75, 3.05) is 44.8 Å². The second-order valence-corrected chi connectivity index (χ2v) is 11.1. The summed E-state index contributed by atoms with van der Waals surface area (Å²) < 4.78 is 5.53. The molecule has 1 unspecified atom stereocenters. The van der Waals surface area contributed by atoms with E-state index in [2.05, 4.69) is 35.9 Å². The van der Waals surface area contributed by atoms with Gasteiger partial charge in [0.2, 0.25) is 0 Å². The number of amides is 2. The Balaban J connectivity index is 1.14. The second kappa shape index (κ2) is 14.4. The second-order valence-electron chi connectivity index (χ2n) is 11.1. The number of H-pyrrole nitrogens is 2. The van der Waals surface area contributed by atoms with E-state index >= 15 is 0 Å². The number of ether oxygens (including phenoxy) is 1. The first-order chi connectivity index (χ1) is 23.4. The highest BCUT2D eigenvalue weighted by atomic mass is 16.5. The number of rotatable bonds is 12. The fourth-order valence-corrected chi connectivity index (χ4v) is 5.70. The number of hydrazine groups is 2. The van der Waals surface area contributed by atoms with E-state index in [-0.39, 0.29) is 17.2 Å². The molecule has 5 aromatic rings. The highest BCUT2D eigenvalue weighted by Gasteiger charge is 2.33. The number of pyridine rings is 2. The lowest BCUT2D eigenvalue weighted by Crippen LogP contribution is -2.65. The molecule has 0 bridgehead atoms. The van der Waals surface area contributed by atoms with Crippen molar-refractivity contribution < 1.29 is 19.1 Å². The first-order valence-corrected chi connectivity index (χ1v) is 15.3. The van der Waals surface area contributed by atoms with Gasteiger partial charge in [-0.15, -0.1) is 0 Å². The molecule has 8 N–H and O–H groups in total. The number of fused-ring (bicyclic) bond motifs is 1. The van der Waals surface area contributed by atoms with Crippen LogP contribution in [0.4, 0.5) is 5.69 Å². The van der Waals surface area contributed by atoms with E-state index < -0.39 is 18.0 Å². The number of para-hydroxylation sites is 1. The fraction of sp³-hybridized carbons (Fsp3) is 0.250. The van der Waals surface area contributed by atoms with Gasteiger partial charge in [-0.2, -0.15) is 5.10 Å². The maximum absolute atomic E-state index is 13.7. The van der Waals surface area contributed by atoms with Gasteiger partial charge < -0.3 is 19.9 Å². The zero-order valence-corrected chi connectivity index (χ0v) is 26.2. The SMILES string of the molecule is COc1cnc(-c2cc(C(=O)NCCc3ccncc3)[nH]n2)c2[nH]cc(C(=O)C(=O)N3CCN(C(NN)N(N)c4ccccc4)CC3)c12. The number of hydrogen-bond acceptors (Lipinski definition) is 12. The lowest BCUT2D eigenvalue weighted by Gasteiger charge is -2.42. The summed E-state index contributed by atoms with van der Waals surface area (Å²) in [5, 5.41) is 11.8. The molecule has 1 fully saturated rings. The molecule has 2 amide bonds. The molecule has 16 nitrogen and oxygen atoms in total. The van der Waals surface area contributed by atoms with Crippen LogP contribution < -0.4 is 32.2 Å². The number of carbonyl (C=O) groups excluding carboxylic acids is 3. The average Bonchev–Trinajstić information content (AvgIpc) is 3.81. The summed E-state index contributed by atoms with van der Waals surface area (Å²) in [4.78, 5) is 55.0. The van der Waals surface area contributed by atoms with Crippen LogP contribution in [0.25, 0.3) is 22.3 Å². The molecule has 0 saturated carbocycles. The van der Waals surface area contributed by atoms with Crippen LogP contribution in [0, 0.1) is 0 Å².